The van der Waals surface area contributed by atoms with Crippen LogP contribution in [0, 0.1) is 0 Å². The van der Waals surface area contributed by atoms with E-state index in [1.807, 2.05) is 19.1 Å². The van der Waals surface area contributed by atoms with Crippen LogP contribution in [-0.4, -0.2) is 24.5 Å². The van der Waals surface area contributed by atoms with E-state index in [1.165, 1.54) is 11.1 Å². The van der Waals surface area contributed by atoms with Gasteiger partial charge in [-0.05, 0) is 49.4 Å². The Hall–Kier alpha value is -1.06. The average Bonchev–Trinajstić information content (AvgIpc) is 2.80. The lowest BCUT2D eigenvalue weighted by Crippen LogP contribution is -2.36. The summed E-state index contributed by atoms with van der Waals surface area (Å²) in [5.74, 6) is 0.130. The van der Waals surface area contributed by atoms with Crippen molar-refractivity contribution in [2.75, 3.05) is 6.54 Å². The molecule has 110 valence electrons. The Balaban J connectivity index is 1.71. The molecular formula is C16H23ClN2O. The predicted octanol–water partition coefficient (Wildman–Crippen LogP) is 2.70. The molecular weight excluding hydrogens is 272 g/mol. The quantitative estimate of drug-likeness (QED) is 0.847. The van der Waals surface area contributed by atoms with E-state index < -0.39 is 0 Å². The first-order chi connectivity index (χ1) is 9.58. The van der Waals surface area contributed by atoms with E-state index in [4.69, 9.17) is 11.6 Å². The Labute approximate surface area is 126 Å². The monoisotopic (exact) mass is 294 g/mol. The summed E-state index contributed by atoms with van der Waals surface area (Å²) in [5, 5.41) is 7.25. The molecule has 2 N–H and O–H groups in total. The molecule has 1 aliphatic rings. The highest BCUT2D eigenvalue weighted by Gasteiger charge is 2.21. The normalized spacial score (nSPS) is 18.6. The fraction of sp³-hybridized carbons (Fsp3) is 0.562. The van der Waals surface area contributed by atoms with Gasteiger partial charge in [-0.25, -0.2) is 0 Å². The molecule has 0 fully saturated rings. The highest BCUT2D eigenvalue weighted by molar-refractivity contribution is 6.30. The molecule has 0 radical (unpaired) electrons. The molecule has 2 atom stereocenters. The fourth-order valence-electron chi connectivity index (χ4n) is 2.57. The second-order valence-corrected chi connectivity index (χ2v) is 6.04. The van der Waals surface area contributed by atoms with Crippen molar-refractivity contribution in [3.8, 4) is 0 Å². The third-order valence-electron chi connectivity index (χ3n) is 3.91. The lowest BCUT2D eigenvalue weighted by molar-refractivity contribution is -0.121. The van der Waals surface area contributed by atoms with Gasteiger partial charge in [-0.2, -0.15) is 0 Å². The molecule has 0 saturated carbocycles. The van der Waals surface area contributed by atoms with Gasteiger partial charge in [0.15, 0.2) is 0 Å². The van der Waals surface area contributed by atoms with Gasteiger partial charge in [0.05, 0.1) is 0 Å². The number of hydrogen-bond donors (Lipinski definition) is 2. The van der Waals surface area contributed by atoms with Crippen LogP contribution in [0.1, 0.15) is 37.8 Å². The molecule has 2 rings (SSSR count). The number of carbonyl (C=O) groups is 1. The third-order valence-corrected chi connectivity index (χ3v) is 4.14. The van der Waals surface area contributed by atoms with E-state index in [2.05, 4.69) is 23.6 Å². The minimum Gasteiger partial charge on any atom is -0.354 e. The van der Waals surface area contributed by atoms with Gasteiger partial charge in [0.1, 0.15) is 0 Å². The van der Waals surface area contributed by atoms with Gasteiger partial charge in [-0.1, -0.05) is 24.6 Å². The molecule has 20 heavy (non-hydrogen) atoms. The Bertz CT molecular complexity index is 476. The van der Waals surface area contributed by atoms with Crippen molar-refractivity contribution in [2.45, 2.75) is 51.6 Å². The molecule has 1 aliphatic carbocycles. The lowest BCUT2D eigenvalue weighted by Gasteiger charge is -2.14. The Kier molecular flexibility index (Phi) is 5.44. The largest absolute Gasteiger partial charge is 0.354 e. The van der Waals surface area contributed by atoms with Crippen LogP contribution >= 0.6 is 11.6 Å². The second kappa shape index (κ2) is 7.09. The number of amides is 1. The first-order valence-electron chi connectivity index (χ1n) is 7.38. The molecule has 0 saturated heterocycles. The smallest absolute Gasteiger partial charge is 0.221 e. The minimum absolute atomic E-state index is 0.130. The molecule has 2 unspecified atom stereocenters. The van der Waals surface area contributed by atoms with Gasteiger partial charge in [0.2, 0.25) is 5.91 Å². The van der Waals surface area contributed by atoms with Crippen molar-refractivity contribution >= 4 is 17.5 Å². The summed E-state index contributed by atoms with van der Waals surface area (Å²) in [5.41, 5.74) is 2.70. The molecule has 0 heterocycles. The van der Waals surface area contributed by atoms with Gasteiger partial charge in [-0.15, -0.1) is 0 Å². The maximum atomic E-state index is 11.7. The summed E-state index contributed by atoms with van der Waals surface area (Å²) in [6.45, 7) is 4.83. The van der Waals surface area contributed by atoms with Crippen molar-refractivity contribution in [2.24, 2.45) is 0 Å². The summed E-state index contributed by atoms with van der Waals surface area (Å²) >= 11 is 6.01. The van der Waals surface area contributed by atoms with Gasteiger partial charge in [0, 0.05) is 30.1 Å². The molecule has 1 aromatic rings. The lowest BCUT2D eigenvalue weighted by atomic mass is 10.1. The number of rotatable bonds is 6. The number of carbonyl (C=O) groups excluding carboxylic acids is 1. The van der Waals surface area contributed by atoms with Crippen LogP contribution in [0.5, 0.6) is 0 Å². The Morgan fingerprint density at radius 1 is 1.40 bits per heavy atom. The standard InChI is InChI=1S/C16H23ClN2O/c1-3-11(2)19-16(20)6-7-18-15-9-12-4-5-14(17)8-13(12)10-15/h4-5,8,11,15,18H,3,6-7,9-10H2,1-2H3,(H,19,20). The number of nitrogens with one attached hydrogen (secondary N) is 2. The van der Waals surface area contributed by atoms with Crippen LogP contribution in [0.2, 0.25) is 5.02 Å². The molecule has 3 nitrogen and oxygen atoms in total. The summed E-state index contributed by atoms with van der Waals surface area (Å²) in [6.07, 6.45) is 3.54. The SMILES string of the molecule is CCC(C)NC(=O)CCNC1Cc2ccc(Cl)cc2C1. The molecule has 0 aliphatic heterocycles. The van der Waals surface area contributed by atoms with Gasteiger partial charge in [0.25, 0.3) is 0 Å². The molecule has 1 aromatic carbocycles. The molecule has 4 heteroatoms. The van der Waals surface area contributed by atoms with E-state index in [9.17, 15) is 4.79 Å². The summed E-state index contributed by atoms with van der Waals surface area (Å²) < 4.78 is 0. The first kappa shape index (κ1) is 15.3. The third kappa shape index (κ3) is 4.22. The van der Waals surface area contributed by atoms with E-state index in [-0.39, 0.29) is 11.9 Å². The fourth-order valence-corrected chi connectivity index (χ4v) is 2.76. The molecule has 0 spiro atoms. The van der Waals surface area contributed by atoms with Crippen LogP contribution in [-0.2, 0) is 17.6 Å². The Morgan fingerprint density at radius 2 is 2.15 bits per heavy atom. The highest BCUT2D eigenvalue weighted by Crippen LogP contribution is 2.25. The van der Waals surface area contributed by atoms with Crippen molar-refractivity contribution in [1.82, 2.24) is 10.6 Å². The van der Waals surface area contributed by atoms with Crippen molar-refractivity contribution in [3.05, 3.63) is 34.3 Å². The van der Waals surface area contributed by atoms with Crippen LogP contribution in [0.3, 0.4) is 0 Å². The summed E-state index contributed by atoms with van der Waals surface area (Å²) in [4.78, 5) is 11.7. The van der Waals surface area contributed by atoms with Gasteiger partial charge >= 0.3 is 0 Å². The maximum Gasteiger partial charge on any atom is 0.221 e. The highest BCUT2D eigenvalue weighted by atomic mass is 35.5. The van der Waals surface area contributed by atoms with Crippen molar-refractivity contribution < 1.29 is 4.79 Å². The van der Waals surface area contributed by atoms with E-state index in [0.29, 0.717) is 12.5 Å². The van der Waals surface area contributed by atoms with Gasteiger partial charge in [-0.3, -0.25) is 4.79 Å². The zero-order valence-electron chi connectivity index (χ0n) is 12.2. The maximum absolute atomic E-state index is 11.7. The van der Waals surface area contributed by atoms with Crippen molar-refractivity contribution in [1.29, 1.82) is 0 Å². The number of hydrogen-bond acceptors (Lipinski definition) is 2. The first-order valence-corrected chi connectivity index (χ1v) is 7.76. The summed E-state index contributed by atoms with van der Waals surface area (Å²) in [6, 6.07) is 6.80. The topological polar surface area (TPSA) is 41.1 Å². The number of fused-ring (bicyclic) bond motifs is 1. The summed E-state index contributed by atoms with van der Waals surface area (Å²) in [7, 11) is 0. The average molecular weight is 295 g/mol. The molecule has 0 aromatic heterocycles. The molecule has 0 bridgehead atoms. The zero-order valence-corrected chi connectivity index (χ0v) is 13.0. The Morgan fingerprint density at radius 3 is 2.90 bits per heavy atom. The minimum atomic E-state index is 0.130. The van der Waals surface area contributed by atoms with E-state index >= 15 is 0 Å². The van der Waals surface area contributed by atoms with Crippen molar-refractivity contribution in [3.63, 3.8) is 0 Å². The molecule has 1 amide bonds. The number of halogens is 1. The second-order valence-electron chi connectivity index (χ2n) is 5.60. The van der Waals surface area contributed by atoms with E-state index in [1.54, 1.807) is 0 Å². The predicted molar refractivity (Wildman–Crippen MR) is 83.2 cm³/mol. The van der Waals surface area contributed by atoms with E-state index in [0.717, 1.165) is 30.8 Å². The van der Waals surface area contributed by atoms with Crippen LogP contribution in [0.4, 0.5) is 0 Å². The number of benzene rings is 1. The zero-order chi connectivity index (χ0) is 14.5. The van der Waals surface area contributed by atoms with Gasteiger partial charge < -0.3 is 10.6 Å². The van der Waals surface area contributed by atoms with Crippen LogP contribution in [0.25, 0.3) is 0 Å². The van der Waals surface area contributed by atoms with Crippen LogP contribution in [0.15, 0.2) is 18.2 Å². The van der Waals surface area contributed by atoms with Crippen LogP contribution < -0.4 is 10.6 Å².